The average molecular weight is 445 g/mol. The number of methoxy groups -OCH3 is 2. The van der Waals surface area contributed by atoms with Gasteiger partial charge in [-0.05, 0) is 55.7 Å². The summed E-state index contributed by atoms with van der Waals surface area (Å²) < 4.78 is 38.4. The summed E-state index contributed by atoms with van der Waals surface area (Å²) in [6.07, 6.45) is 4.40. The second kappa shape index (κ2) is 9.98. The Morgan fingerprint density at radius 3 is 2.29 bits per heavy atom. The molecule has 0 radical (unpaired) electrons. The molecule has 1 N–H and O–H groups in total. The van der Waals surface area contributed by atoms with Gasteiger partial charge < -0.3 is 14.4 Å². The van der Waals surface area contributed by atoms with Crippen LogP contribution >= 0.6 is 0 Å². The van der Waals surface area contributed by atoms with Gasteiger partial charge in [-0.3, -0.25) is 4.79 Å². The van der Waals surface area contributed by atoms with E-state index in [2.05, 4.69) is 4.72 Å². The minimum Gasteiger partial charge on any atom is -0.493 e. The fourth-order valence-electron chi connectivity index (χ4n) is 3.45. The smallest absolute Gasteiger partial charge is 0.246 e. The van der Waals surface area contributed by atoms with E-state index in [1.807, 2.05) is 13.0 Å². The lowest BCUT2D eigenvalue weighted by atomic mass is 10.1. The molecule has 1 fully saturated rings. The van der Waals surface area contributed by atoms with E-state index in [0.717, 1.165) is 11.1 Å². The molecule has 0 bridgehead atoms. The van der Waals surface area contributed by atoms with Crippen molar-refractivity contribution in [2.24, 2.45) is 0 Å². The van der Waals surface area contributed by atoms with Crippen molar-refractivity contribution in [1.29, 1.82) is 0 Å². The molecule has 2 aromatic carbocycles. The van der Waals surface area contributed by atoms with Crippen LogP contribution in [0.2, 0.25) is 0 Å². The SMILES string of the molecule is COc1ccc(/C=C/C(=O)N2CCC(NS(=O)(=O)c3ccc(C)cc3)CC2)cc1OC. The van der Waals surface area contributed by atoms with Crippen molar-refractivity contribution >= 4 is 22.0 Å². The molecule has 1 aliphatic heterocycles. The van der Waals surface area contributed by atoms with E-state index in [-0.39, 0.29) is 16.8 Å². The Kier molecular flexibility index (Phi) is 7.35. The van der Waals surface area contributed by atoms with Crippen LogP contribution in [0, 0.1) is 6.92 Å². The molecule has 1 saturated heterocycles. The van der Waals surface area contributed by atoms with Crippen molar-refractivity contribution in [3.8, 4) is 11.5 Å². The summed E-state index contributed by atoms with van der Waals surface area (Å²) in [4.78, 5) is 14.5. The summed E-state index contributed by atoms with van der Waals surface area (Å²) in [6.45, 7) is 2.91. The molecule has 0 aromatic heterocycles. The first-order chi connectivity index (χ1) is 14.8. The average Bonchev–Trinajstić information content (AvgIpc) is 2.77. The van der Waals surface area contributed by atoms with E-state index in [0.29, 0.717) is 37.4 Å². The minimum atomic E-state index is -3.56. The Morgan fingerprint density at radius 1 is 1.03 bits per heavy atom. The number of carbonyl (C=O) groups excluding carboxylic acids is 1. The lowest BCUT2D eigenvalue weighted by molar-refractivity contribution is -0.126. The molecule has 3 rings (SSSR count). The fraction of sp³-hybridized carbons (Fsp3) is 0.348. The molecule has 31 heavy (non-hydrogen) atoms. The van der Waals surface area contributed by atoms with Crippen LogP contribution in [0.1, 0.15) is 24.0 Å². The molecule has 0 saturated carbocycles. The Morgan fingerprint density at radius 2 is 1.68 bits per heavy atom. The van der Waals surface area contributed by atoms with Crippen molar-refractivity contribution in [2.75, 3.05) is 27.3 Å². The number of ether oxygens (including phenoxy) is 2. The summed E-state index contributed by atoms with van der Waals surface area (Å²) in [5.41, 5.74) is 1.83. The van der Waals surface area contributed by atoms with E-state index in [1.54, 1.807) is 61.6 Å². The normalized spacial score (nSPS) is 15.3. The number of rotatable bonds is 7. The summed E-state index contributed by atoms with van der Waals surface area (Å²) in [5.74, 6) is 1.12. The van der Waals surface area contributed by atoms with E-state index in [4.69, 9.17) is 9.47 Å². The van der Waals surface area contributed by atoms with Gasteiger partial charge in [0.25, 0.3) is 0 Å². The molecule has 0 unspecified atom stereocenters. The molecule has 1 amide bonds. The number of aryl methyl sites for hydroxylation is 1. The summed E-state index contributed by atoms with van der Waals surface area (Å²) in [5, 5.41) is 0. The summed E-state index contributed by atoms with van der Waals surface area (Å²) in [6, 6.07) is 12.0. The van der Waals surface area contributed by atoms with Crippen molar-refractivity contribution < 1.29 is 22.7 Å². The highest BCUT2D eigenvalue weighted by Gasteiger charge is 2.26. The van der Waals surface area contributed by atoms with Gasteiger partial charge in [0, 0.05) is 25.2 Å². The van der Waals surface area contributed by atoms with Gasteiger partial charge in [-0.15, -0.1) is 0 Å². The molecule has 2 aromatic rings. The molecule has 1 aliphatic rings. The lowest BCUT2D eigenvalue weighted by Gasteiger charge is -2.31. The molecular formula is C23H28N2O5S. The zero-order valence-electron chi connectivity index (χ0n) is 18.0. The zero-order chi connectivity index (χ0) is 22.4. The molecule has 7 nitrogen and oxygen atoms in total. The van der Waals surface area contributed by atoms with Crippen LogP contribution in [-0.4, -0.2) is 52.6 Å². The first-order valence-electron chi connectivity index (χ1n) is 10.1. The van der Waals surface area contributed by atoms with E-state index in [1.165, 1.54) is 6.08 Å². The molecule has 0 spiro atoms. The van der Waals surface area contributed by atoms with Gasteiger partial charge in [0.2, 0.25) is 15.9 Å². The van der Waals surface area contributed by atoms with Gasteiger partial charge in [0.1, 0.15) is 0 Å². The number of carbonyl (C=O) groups is 1. The van der Waals surface area contributed by atoms with Crippen LogP contribution in [0.25, 0.3) is 6.08 Å². The molecule has 1 heterocycles. The Hall–Kier alpha value is -2.84. The number of sulfonamides is 1. The van der Waals surface area contributed by atoms with Crippen LogP contribution in [0.4, 0.5) is 0 Å². The van der Waals surface area contributed by atoms with Crippen molar-refractivity contribution in [3.05, 3.63) is 59.7 Å². The van der Waals surface area contributed by atoms with Crippen LogP contribution < -0.4 is 14.2 Å². The number of amides is 1. The third-order valence-electron chi connectivity index (χ3n) is 5.29. The number of likely N-dealkylation sites (tertiary alicyclic amines) is 1. The predicted molar refractivity (Wildman–Crippen MR) is 120 cm³/mol. The fourth-order valence-corrected chi connectivity index (χ4v) is 4.76. The maximum atomic E-state index is 12.6. The Labute approximate surface area is 183 Å². The Balaban J connectivity index is 1.55. The van der Waals surface area contributed by atoms with Gasteiger partial charge in [-0.1, -0.05) is 23.8 Å². The third kappa shape index (κ3) is 5.86. The maximum absolute atomic E-state index is 12.6. The lowest BCUT2D eigenvalue weighted by Crippen LogP contribution is -2.46. The quantitative estimate of drug-likeness (QED) is 0.664. The van der Waals surface area contributed by atoms with Crippen LogP contribution in [-0.2, 0) is 14.8 Å². The topological polar surface area (TPSA) is 84.9 Å². The van der Waals surface area contributed by atoms with Gasteiger partial charge in [0.05, 0.1) is 19.1 Å². The van der Waals surface area contributed by atoms with Crippen LogP contribution in [0.15, 0.2) is 53.4 Å². The number of hydrogen-bond acceptors (Lipinski definition) is 5. The first-order valence-corrected chi connectivity index (χ1v) is 11.6. The minimum absolute atomic E-state index is 0.102. The van der Waals surface area contributed by atoms with Gasteiger partial charge in [0.15, 0.2) is 11.5 Å². The van der Waals surface area contributed by atoms with E-state index >= 15 is 0 Å². The van der Waals surface area contributed by atoms with E-state index in [9.17, 15) is 13.2 Å². The molecule has 0 aliphatic carbocycles. The number of nitrogens with one attached hydrogen (secondary N) is 1. The maximum Gasteiger partial charge on any atom is 0.246 e. The number of nitrogens with zero attached hydrogens (tertiary/aromatic N) is 1. The molecule has 0 atom stereocenters. The highest BCUT2D eigenvalue weighted by Crippen LogP contribution is 2.28. The first kappa shape index (κ1) is 22.8. The van der Waals surface area contributed by atoms with Gasteiger partial charge in [-0.2, -0.15) is 0 Å². The summed E-state index contributed by atoms with van der Waals surface area (Å²) >= 11 is 0. The standard InChI is InChI=1S/C23H28N2O5S/c1-17-4-8-20(9-5-17)31(27,28)24-19-12-14-25(15-13-19)23(26)11-7-18-6-10-21(29-2)22(16-18)30-3/h4-11,16,19,24H,12-15H2,1-3H3/b11-7+. The summed E-state index contributed by atoms with van der Waals surface area (Å²) in [7, 11) is -0.429. The van der Waals surface area contributed by atoms with Gasteiger partial charge >= 0.3 is 0 Å². The second-order valence-electron chi connectivity index (χ2n) is 7.48. The largest absolute Gasteiger partial charge is 0.493 e. The monoisotopic (exact) mass is 444 g/mol. The van der Waals surface area contributed by atoms with Crippen molar-refractivity contribution in [3.63, 3.8) is 0 Å². The predicted octanol–water partition coefficient (Wildman–Crippen LogP) is 2.99. The van der Waals surface area contributed by atoms with Crippen molar-refractivity contribution in [1.82, 2.24) is 9.62 Å². The van der Waals surface area contributed by atoms with Crippen LogP contribution in [0.5, 0.6) is 11.5 Å². The molecule has 8 heteroatoms. The highest BCUT2D eigenvalue weighted by molar-refractivity contribution is 7.89. The van der Waals surface area contributed by atoms with Crippen LogP contribution in [0.3, 0.4) is 0 Å². The van der Waals surface area contributed by atoms with Crippen molar-refractivity contribution in [2.45, 2.75) is 30.7 Å². The number of hydrogen-bond donors (Lipinski definition) is 1. The second-order valence-corrected chi connectivity index (χ2v) is 9.20. The number of benzene rings is 2. The third-order valence-corrected chi connectivity index (χ3v) is 6.82. The van der Waals surface area contributed by atoms with Gasteiger partial charge in [-0.25, -0.2) is 13.1 Å². The number of piperidine rings is 1. The Bertz CT molecular complexity index is 1040. The zero-order valence-corrected chi connectivity index (χ0v) is 18.8. The highest BCUT2D eigenvalue weighted by atomic mass is 32.2. The van der Waals surface area contributed by atoms with E-state index < -0.39 is 10.0 Å². The molecular weight excluding hydrogens is 416 g/mol. The molecule has 166 valence electrons.